The number of hydrogen-bond acceptors (Lipinski definition) is 5. The van der Waals surface area contributed by atoms with Gasteiger partial charge in [0.1, 0.15) is 4.21 Å². The molecule has 0 saturated heterocycles. The normalized spacial score (nSPS) is 11.8. The average molecular weight is 280 g/mol. The van der Waals surface area contributed by atoms with Gasteiger partial charge in [0, 0.05) is 17.6 Å². The van der Waals surface area contributed by atoms with Crippen molar-refractivity contribution in [3.05, 3.63) is 11.4 Å². The molecule has 0 unspecified atom stereocenters. The minimum Gasteiger partial charge on any atom is -0.398 e. The first kappa shape index (κ1) is 13.8. The van der Waals surface area contributed by atoms with Gasteiger partial charge in [0.05, 0.1) is 0 Å². The molecule has 0 amide bonds. The van der Waals surface area contributed by atoms with Gasteiger partial charge < -0.3 is 5.73 Å². The lowest BCUT2D eigenvalue weighted by atomic mass is 10.3. The van der Waals surface area contributed by atoms with E-state index in [4.69, 9.17) is 5.73 Å². The number of sulfonamides is 1. The first-order chi connectivity index (χ1) is 7.56. The molecule has 1 heterocycles. The highest BCUT2D eigenvalue weighted by Gasteiger charge is 2.15. The van der Waals surface area contributed by atoms with Crippen molar-refractivity contribution in [3.63, 3.8) is 0 Å². The van der Waals surface area contributed by atoms with Crippen LogP contribution < -0.4 is 10.5 Å². The SMILES string of the molecule is CSCCCCNS(=O)(=O)c1cc(N)cs1. The lowest BCUT2D eigenvalue weighted by Crippen LogP contribution is -2.24. The zero-order valence-electron chi connectivity index (χ0n) is 9.10. The lowest BCUT2D eigenvalue weighted by molar-refractivity contribution is 0.580. The van der Waals surface area contributed by atoms with Crippen LogP contribution in [0.1, 0.15) is 12.8 Å². The van der Waals surface area contributed by atoms with Crippen molar-refractivity contribution in [2.45, 2.75) is 17.1 Å². The van der Waals surface area contributed by atoms with Gasteiger partial charge in [0.15, 0.2) is 0 Å². The van der Waals surface area contributed by atoms with Gasteiger partial charge in [-0.15, -0.1) is 11.3 Å². The molecule has 1 rings (SSSR count). The van der Waals surface area contributed by atoms with Crippen molar-refractivity contribution in [1.82, 2.24) is 4.72 Å². The maximum Gasteiger partial charge on any atom is 0.250 e. The first-order valence-corrected chi connectivity index (χ1v) is 8.64. The minimum atomic E-state index is -3.34. The summed E-state index contributed by atoms with van der Waals surface area (Å²) in [5.41, 5.74) is 5.98. The topological polar surface area (TPSA) is 72.2 Å². The molecule has 16 heavy (non-hydrogen) atoms. The van der Waals surface area contributed by atoms with Crippen LogP contribution in [0.2, 0.25) is 0 Å². The van der Waals surface area contributed by atoms with E-state index in [2.05, 4.69) is 4.72 Å². The van der Waals surface area contributed by atoms with Crippen molar-refractivity contribution in [1.29, 1.82) is 0 Å². The Bertz CT molecular complexity index is 414. The maximum absolute atomic E-state index is 11.7. The van der Waals surface area contributed by atoms with Gasteiger partial charge in [0.25, 0.3) is 0 Å². The highest BCUT2D eigenvalue weighted by molar-refractivity contribution is 7.98. The molecule has 0 aromatic carbocycles. The van der Waals surface area contributed by atoms with E-state index in [-0.39, 0.29) is 4.21 Å². The summed E-state index contributed by atoms with van der Waals surface area (Å²) in [6.07, 6.45) is 3.93. The van der Waals surface area contributed by atoms with E-state index >= 15 is 0 Å². The zero-order valence-corrected chi connectivity index (χ0v) is 11.6. The number of rotatable bonds is 7. The van der Waals surface area contributed by atoms with Gasteiger partial charge >= 0.3 is 0 Å². The summed E-state index contributed by atoms with van der Waals surface area (Å²) in [7, 11) is -3.34. The van der Waals surface area contributed by atoms with E-state index in [0.717, 1.165) is 29.9 Å². The number of thiophene rings is 1. The molecule has 0 aliphatic heterocycles. The van der Waals surface area contributed by atoms with Crippen LogP contribution in [0.3, 0.4) is 0 Å². The second-order valence-electron chi connectivity index (χ2n) is 3.30. The summed E-state index contributed by atoms with van der Waals surface area (Å²) in [5.74, 6) is 1.06. The fraction of sp³-hybridized carbons (Fsp3) is 0.556. The van der Waals surface area contributed by atoms with E-state index in [1.54, 1.807) is 17.1 Å². The Labute approximate surface area is 105 Å². The number of thioether (sulfide) groups is 1. The van der Waals surface area contributed by atoms with Gasteiger partial charge in [0.2, 0.25) is 10.0 Å². The van der Waals surface area contributed by atoms with Gasteiger partial charge in [-0.05, 0) is 30.9 Å². The molecule has 0 fully saturated rings. The number of nitrogen functional groups attached to an aromatic ring is 1. The number of anilines is 1. The Kier molecular flexibility index (Phi) is 5.60. The van der Waals surface area contributed by atoms with Gasteiger partial charge in [-0.2, -0.15) is 11.8 Å². The van der Waals surface area contributed by atoms with E-state index in [1.807, 2.05) is 6.26 Å². The molecule has 0 aliphatic rings. The molecule has 1 aromatic rings. The average Bonchev–Trinajstić information content (AvgIpc) is 2.65. The predicted molar refractivity (Wildman–Crippen MR) is 71.5 cm³/mol. The standard InChI is InChI=1S/C9H16N2O2S3/c1-14-5-3-2-4-11-16(12,13)9-6-8(10)7-15-9/h6-7,11H,2-5,10H2,1H3. The van der Waals surface area contributed by atoms with E-state index in [1.165, 1.54) is 6.07 Å². The quantitative estimate of drug-likeness (QED) is 0.746. The Morgan fingerprint density at radius 1 is 1.50 bits per heavy atom. The van der Waals surface area contributed by atoms with Crippen molar-refractivity contribution >= 4 is 38.8 Å². The van der Waals surface area contributed by atoms with Crippen LogP contribution in [0.5, 0.6) is 0 Å². The summed E-state index contributed by atoms with van der Waals surface area (Å²) in [5, 5.41) is 1.63. The third-order valence-corrected chi connectivity index (χ3v) is 5.54. The van der Waals surface area contributed by atoms with Crippen molar-refractivity contribution in [2.24, 2.45) is 0 Å². The Balaban J connectivity index is 2.41. The van der Waals surface area contributed by atoms with Crippen LogP contribution in [0.15, 0.2) is 15.7 Å². The van der Waals surface area contributed by atoms with E-state index in [0.29, 0.717) is 12.2 Å². The first-order valence-electron chi connectivity index (χ1n) is 4.89. The summed E-state index contributed by atoms with van der Waals surface area (Å²) >= 11 is 2.91. The van der Waals surface area contributed by atoms with E-state index in [9.17, 15) is 8.42 Å². The number of hydrogen-bond donors (Lipinski definition) is 2. The summed E-state index contributed by atoms with van der Waals surface area (Å²) in [6, 6.07) is 1.48. The second kappa shape index (κ2) is 6.48. The Morgan fingerprint density at radius 2 is 2.25 bits per heavy atom. The Hall–Kier alpha value is -0.240. The fourth-order valence-electron chi connectivity index (χ4n) is 1.12. The highest BCUT2D eigenvalue weighted by atomic mass is 32.2. The summed E-state index contributed by atoms with van der Waals surface area (Å²) < 4.78 is 26.3. The smallest absolute Gasteiger partial charge is 0.250 e. The highest BCUT2D eigenvalue weighted by Crippen LogP contribution is 2.21. The van der Waals surface area contributed by atoms with Crippen molar-refractivity contribution in [3.8, 4) is 0 Å². The number of nitrogens with two attached hydrogens (primary N) is 1. The molecule has 0 aliphatic carbocycles. The predicted octanol–water partition coefficient (Wildman–Crippen LogP) is 1.75. The molecule has 0 saturated carbocycles. The third kappa shape index (κ3) is 4.32. The molecule has 0 bridgehead atoms. The van der Waals surface area contributed by atoms with E-state index < -0.39 is 10.0 Å². The zero-order chi connectivity index (χ0) is 12.0. The van der Waals surface area contributed by atoms with Crippen molar-refractivity contribution in [2.75, 3.05) is 24.3 Å². The molecule has 0 radical (unpaired) electrons. The number of unbranched alkanes of at least 4 members (excludes halogenated alkanes) is 1. The third-order valence-electron chi connectivity index (χ3n) is 1.93. The second-order valence-corrected chi connectivity index (χ2v) is 7.19. The van der Waals surface area contributed by atoms with Crippen molar-refractivity contribution < 1.29 is 8.42 Å². The van der Waals surface area contributed by atoms with Gasteiger partial charge in [-0.25, -0.2) is 13.1 Å². The minimum absolute atomic E-state index is 0.287. The van der Waals surface area contributed by atoms with Crippen LogP contribution in [0.4, 0.5) is 5.69 Å². The molecular formula is C9H16N2O2S3. The molecule has 0 atom stereocenters. The molecular weight excluding hydrogens is 264 g/mol. The molecule has 7 heteroatoms. The van der Waals surface area contributed by atoms with Crippen LogP contribution in [-0.2, 0) is 10.0 Å². The van der Waals surface area contributed by atoms with Crippen LogP contribution in [0.25, 0.3) is 0 Å². The molecule has 1 aromatic heterocycles. The molecule has 3 N–H and O–H groups in total. The Morgan fingerprint density at radius 3 is 2.81 bits per heavy atom. The molecule has 0 spiro atoms. The van der Waals surface area contributed by atoms with Crippen LogP contribution in [-0.4, -0.2) is 27.0 Å². The lowest BCUT2D eigenvalue weighted by Gasteiger charge is -2.03. The van der Waals surface area contributed by atoms with Gasteiger partial charge in [-0.1, -0.05) is 0 Å². The van der Waals surface area contributed by atoms with Crippen LogP contribution in [0, 0.1) is 0 Å². The molecule has 92 valence electrons. The van der Waals surface area contributed by atoms with Gasteiger partial charge in [-0.3, -0.25) is 0 Å². The van der Waals surface area contributed by atoms with Crippen LogP contribution >= 0.6 is 23.1 Å². The maximum atomic E-state index is 11.7. The summed E-state index contributed by atoms with van der Waals surface area (Å²) in [4.78, 5) is 0. The summed E-state index contributed by atoms with van der Waals surface area (Å²) in [6.45, 7) is 0.487. The molecule has 4 nitrogen and oxygen atoms in total. The monoisotopic (exact) mass is 280 g/mol. The number of nitrogens with one attached hydrogen (secondary N) is 1. The fourth-order valence-corrected chi connectivity index (χ4v) is 3.81. The largest absolute Gasteiger partial charge is 0.398 e.